The number of allylic oxidation sites excluding steroid dienone is 2. The normalized spacial score (nSPS) is 25.0. The highest BCUT2D eigenvalue weighted by molar-refractivity contribution is 6.09. The molecule has 5 atom stereocenters. The molecule has 0 aromatic heterocycles. The van der Waals surface area contributed by atoms with Crippen molar-refractivity contribution in [3.8, 4) is 0 Å². The standard InChI is InChI=1S/C28H28N2O5/c1-16-7-6-10-21(17(16)2)29-23(31)15-35-28(34)22(13-18-8-4-3-5-9-18)30-26(32)24-19-11-12-20(14-19)25(24)27(30)33/h3-12,19-20,22,24-25H,13-15H2,1-2H3,(H,29,31)/t19-,20-,22-,24-,25+/m0/s1. The average molecular weight is 473 g/mol. The molecule has 1 saturated heterocycles. The number of fused-ring (bicyclic) bond motifs is 5. The fraction of sp³-hybridized carbons (Fsp3) is 0.357. The number of anilines is 1. The number of carbonyl (C=O) groups is 4. The Bertz CT molecular complexity index is 1190. The molecule has 0 radical (unpaired) electrons. The third-order valence-corrected chi connectivity index (χ3v) is 7.58. The van der Waals surface area contributed by atoms with Crippen LogP contribution in [0.25, 0.3) is 0 Å². The second kappa shape index (κ2) is 9.13. The van der Waals surface area contributed by atoms with Gasteiger partial charge in [0.1, 0.15) is 6.04 Å². The van der Waals surface area contributed by atoms with Crippen LogP contribution < -0.4 is 5.32 Å². The van der Waals surface area contributed by atoms with Gasteiger partial charge >= 0.3 is 5.97 Å². The molecule has 1 saturated carbocycles. The van der Waals surface area contributed by atoms with E-state index in [4.69, 9.17) is 4.74 Å². The van der Waals surface area contributed by atoms with Crippen molar-refractivity contribution < 1.29 is 23.9 Å². The van der Waals surface area contributed by atoms with E-state index in [2.05, 4.69) is 5.32 Å². The minimum absolute atomic E-state index is 0.0446. The quantitative estimate of drug-likeness (QED) is 0.380. The van der Waals surface area contributed by atoms with Crippen LogP contribution in [0.2, 0.25) is 0 Å². The number of likely N-dealkylation sites (tertiary alicyclic amines) is 1. The van der Waals surface area contributed by atoms with Gasteiger partial charge in [0.05, 0.1) is 11.8 Å². The third-order valence-electron chi connectivity index (χ3n) is 7.58. The van der Waals surface area contributed by atoms with Gasteiger partial charge in [0.15, 0.2) is 6.61 Å². The van der Waals surface area contributed by atoms with Crippen LogP contribution in [0.1, 0.15) is 23.1 Å². The van der Waals surface area contributed by atoms with E-state index in [9.17, 15) is 19.2 Å². The molecule has 180 valence electrons. The second-order valence-corrected chi connectivity index (χ2v) is 9.66. The van der Waals surface area contributed by atoms with Crippen LogP contribution in [0.4, 0.5) is 5.69 Å². The predicted molar refractivity (Wildman–Crippen MR) is 129 cm³/mol. The van der Waals surface area contributed by atoms with E-state index >= 15 is 0 Å². The summed E-state index contributed by atoms with van der Waals surface area (Å²) in [5, 5.41) is 2.76. The van der Waals surface area contributed by atoms with Gasteiger partial charge in [-0.05, 0) is 54.9 Å². The second-order valence-electron chi connectivity index (χ2n) is 9.66. The molecule has 1 N–H and O–H groups in total. The molecule has 35 heavy (non-hydrogen) atoms. The van der Waals surface area contributed by atoms with Crippen molar-refractivity contribution in [2.24, 2.45) is 23.7 Å². The number of hydrogen-bond acceptors (Lipinski definition) is 5. The van der Waals surface area contributed by atoms with Gasteiger partial charge in [-0.1, -0.05) is 54.6 Å². The van der Waals surface area contributed by atoms with Crippen molar-refractivity contribution in [1.82, 2.24) is 4.90 Å². The van der Waals surface area contributed by atoms with Gasteiger partial charge < -0.3 is 10.1 Å². The average Bonchev–Trinajstić information content (AvgIpc) is 3.53. The maximum absolute atomic E-state index is 13.4. The number of nitrogens with zero attached hydrogens (tertiary/aromatic N) is 1. The molecule has 7 nitrogen and oxygen atoms in total. The van der Waals surface area contributed by atoms with E-state index in [1.807, 2.05) is 68.5 Å². The summed E-state index contributed by atoms with van der Waals surface area (Å²) >= 11 is 0. The Balaban J connectivity index is 1.32. The summed E-state index contributed by atoms with van der Waals surface area (Å²) < 4.78 is 5.37. The molecule has 2 fully saturated rings. The maximum atomic E-state index is 13.4. The number of aryl methyl sites for hydroxylation is 1. The lowest BCUT2D eigenvalue weighted by Crippen LogP contribution is -2.48. The van der Waals surface area contributed by atoms with Crippen LogP contribution in [0, 0.1) is 37.5 Å². The minimum Gasteiger partial charge on any atom is -0.454 e. The zero-order valence-electron chi connectivity index (χ0n) is 19.8. The maximum Gasteiger partial charge on any atom is 0.330 e. The van der Waals surface area contributed by atoms with Crippen LogP contribution in [-0.2, 0) is 30.3 Å². The number of rotatable bonds is 7. The summed E-state index contributed by atoms with van der Waals surface area (Å²) in [5.41, 5.74) is 3.40. The van der Waals surface area contributed by atoms with Gasteiger partial charge in [0.25, 0.3) is 5.91 Å². The van der Waals surface area contributed by atoms with Gasteiger partial charge in [-0.15, -0.1) is 0 Å². The summed E-state index contributed by atoms with van der Waals surface area (Å²) in [5.74, 6) is -2.58. The van der Waals surface area contributed by atoms with Crippen LogP contribution in [-0.4, -0.2) is 41.2 Å². The van der Waals surface area contributed by atoms with Crippen molar-refractivity contribution in [1.29, 1.82) is 0 Å². The fourth-order valence-corrected chi connectivity index (χ4v) is 5.66. The zero-order chi connectivity index (χ0) is 24.7. The van der Waals surface area contributed by atoms with Crippen molar-refractivity contribution >= 4 is 29.4 Å². The molecule has 5 rings (SSSR count). The number of ether oxygens (including phenoxy) is 1. The molecule has 1 heterocycles. The van der Waals surface area contributed by atoms with Crippen LogP contribution in [0.5, 0.6) is 0 Å². The van der Waals surface area contributed by atoms with Crippen LogP contribution in [0.15, 0.2) is 60.7 Å². The first-order valence-electron chi connectivity index (χ1n) is 12.0. The van der Waals surface area contributed by atoms with Crippen molar-refractivity contribution in [3.63, 3.8) is 0 Å². The first-order chi connectivity index (χ1) is 16.8. The summed E-state index contributed by atoms with van der Waals surface area (Å²) in [6.07, 6.45) is 4.98. The van der Waals surface area contributed by atoms with E-state index in [1.165, 1.54) is 0 Å². The monoisotopic (exact) mass is 472 g/mol. The Morgan fingerprint density at radius 1 is 0.971 bits per heavy atom. The first-order valence-corrected chi connectivity index (χ1v) is 12.0. The minimum atomic E-state index is -1.11. The first kappa shape index (κ1) is 23.0. The third kappa shape index (κ3) is 4.16. The molecule has 2 bridgehead atoms. The van der Waals surface area contributed by atoms with Gasteiger partial charge in [-0.3, -0.25) is 19.3 Å². The Morgan fingerprint density at radius 3 is 2.29 bits per heavy atom. The van der Waals surface area contributed by atoms with E-state index < -0.39 is 36.4 Å². The highest BCUT2D eigenvalue weighted by atomic mass is 16.5. The van der Waals surface area contributed by atoms with E-state index in [-0.39, 0.29) is 30.1 Å². The molecule has 0 unspecified atom stereocenters. The molecule has 3 amide bonds. The summed E-state index contributed by atoms with van der Waals surface area (Å²) in [4.78, 5) is 53.6. The smallest absolute Gasteiger partial charge is 0.330 e. The fourth-order valence-electron chi connectivity index (χ4n) is 5.66. The topological polar surface area (TPSA) is 92.8 Å². The molecule has 3 aliphatic rings. The number of nitrogens with one attached hydrogen (secondary N) is 1. The molecule has 0 spiro atoms. The molecule has 2 aliphatic carbocycles. The Morgan fingerprint density at radius 2 is 1.63 bits per heavy atom. The summed E-state index contributed by atoms with van der Waals surface area (Å²) in [6, 6.07) is 13.6. The van der Waals surface area contributed by atoms with E-state index in [0.29, 0.717) is 5.69 Å². The summed E-state index contributed by atoms with van der Waals surface area (Å²) in [6.45, 7) is 3.34. The lowest BCUT2D eigenvalue weighted by molar-refractivity contribution is -0.160. The van der Waals surface area contributed by atoms with Crippen molar-refractivity contribution in [3.05, 3.63) is 77.4 Å². The lowest BCUT2D eigenvalue weighted by atomic mass is 9.85. The van der Waals surface area contributed by atoms with E-state index in [0.717, 1.165) is 28.0 Å². The molecule has 2 aromatic rings. The number of imide groups is 1. The molecular formula is C28H28N2O5. The number of benzene rings is 2. The lowest BCUT2D eigenvalue weighted by Gasteiger charge is -2.26. The Labute approximate surface area is 204 Å². The van der Waals surface area contributed by atoms with Gasteiger partial charge in [0, 0.05) is 12.1 Å². The van der Waals surface area contributed by atoms with E-state index in [1.54, 1.807) is 6.07 Å². The Hall–Kier alpha value is -3.74. The molecular weight excluding hydrogens is 444 g/mol. The number of amides is 3. The molecule has 7 heteroatoms. The largest absolute Gasteiger partial charge is 0.454 e. The molecule has 2 aromatic carbocycles. The Kier molecular flexibility index (Phi) is 6.01. The molecule has 1 aliphatic heterocycles. The summed E-state index contributed by atoms with van der Waals surface area (Å²) in [7, 11) is 0. The number of carbonyl (C=O) groups excluding carboxylic acids is 4. The SMILES string of the molecule is Cc1cccc(NC(=O)COC(=O)[C@H](Cc2ccccc2)N2C(=O)[C@@H]3[C@H](C2=O)[C@H]2C=C[C@H]3C2)c1C. The number of hydrogen-bond donors (Lipinski definition) is 1. The highest BCUT2D eigenvalue weighted by Crippen LogP contribution is 2.53. The van der Waals surface area contributed by atoms with Crippen LogP contribution >= 0.6 is 0 Å². The zero-order valence-corrected chi connectivity index (χ0v) is 19.8. The highest BCUT2D eigenvalue weighted by Gasteiger charge is 2.61. The van der Waals surface area contributed by atoms with Crippen LogP contribution in [0.3, 0.4) is 0 Å². The van der Waals surface area contributed by atoms with Gasteiger partial charge in [-0.25, -0.2) is 4.79 Å². The van der Waals surface area contributed by atoms with Gasteiger partial charge in [0.2, 0.25) is 11.8 Å². The predicted octanol–water partition coefficient (Wildman–Crippen LogP) is 3.20. The van der Waals surface area contributed by atoms with Gasteiger partial charge in [-0.2, -0.15) is 0 Å². The van der Waals surface area contributed by atoms with Crippen molar-refractivity contribution in [2.45, 2.75) is 32.7 Å². The van der Waals surface area contributed by atoms with Crippen molar-refractivity contribution in [2.75, 3.05) is 11.9 Å². The number of esters is 1.